The Morgan fingerprint density at radius 1 is 0.476 bits per heavy atom. The van der Waals surface area contributed by atoms with Crippen LogP contribution in [0.25, 0.3) is 0 Å². The maximum Gasteiger partial charge on any atom is 0.306 e. The van der Waals surface area contributed by atoms with E-state index in [2.05, 4.69) is 74.7 Å². The first-order valence-electron chi connectivity index (χ1n) is 27.4. The van der Waals surface area contributed by atoms with Gasteiger partial charge in [-0.25, -0.2) is 0 Å². The Balaban J connectivity index is 4.56. The van der Waals surface area contributed by atoms with Gasteiger partial charge in [0.25, 0.3) is 0 Å². The average molecular weight is 884 g/mol. The molecule has 0 saturated carbocycles. The van der Waals surface area contributed by atoms with E-state index in [1.165, 1.54) is 141 Å². The molecule has 0 aliphatic heterocycles. The summed E-state index contributed by atoms with van der Waals surface area (Å²) in [4.78, 5) is 26.2. The third-order valence-electron chi connectivity index (χ3n) is 12.5. The molecule has 3 atom stereocenters. The Morgan fingerprint density at radius 2 is 0.873 bits per heavy atom. The number of aliphatic hydroxyl groups excluding tert-OH is 2. The Hall–Kier alpha value is -2.18. The largest absolute Gasteiger partial charge is 0.462 e. The highest BCUT2D eigenvalue weighted by molar-refractivity contribution is 5.77. The van der Waals surface area contributed by atoms with Crippen LogP contribution in [0.1, 0.15) is 278 Å². The van der Waals surface area contributed by atoms with Crippen LogP contribution < -0.4 is 5.32 Å². The van der Waals surface area contributed by atoms with Gasteiger partial charge in [0, 0.05) is 6.42 Å². The van der Waals surface area contributed by atoms with Crippen LogP contribution in [0.3, 0.4) is 0 Å². The topological polar surface area (TPSA) is 95.9 Å². The van der Waals surface area contributed by atoms with Crippen molar-refractivity contribution in [3.8, 4) is 0 Å². The predicted molar refractivity (Wildman–Crippen MR) is 273 cm³/mol. The van der Waals surface area contributed by atoms with Crippen LogP contribution in [0.2, 0.25) is 0 Å². The first-order chi connectivity index (χ1) is 31.0. The molecule has 6 heteroatoms. The molecule has 0 fully saturated rings. The number of carbonyl (C=O) groups excluding carboxylic acids is 2. The van der Waals surface area contributed by atoms with Crippen LogP contribution in [0, 0.1) is 0 Å². The zero-order valence-electron chi connectivity index (χ0n) is 42.0. The van der Waals surface area contributed by atoms with Crippen molar-refractivity contribution in [2.45, 2.75) is 296 Å². The molecular weight excluding hydrogens is 779 g/mol. The lowest BCUT2D eigenvalue weighted by molar-refractivity contribution is -0.151. The highest BCUT2D eigenvalue weighted by atomic mass is 16.5. The van der Waals surface area contributed by atoms with Gasteiger partial charge in [-0.1, -0.05) is 243 Å². The number of rotatable bonds is 49. The molecule has 0 aliphatic rings. The molecule has 0 spiro atoms. The van der Waals surface area contributed by atoms with Gasteiger partial charge in [-0.2, -0.15) is 0 Å². The summed E-state index contributed by atoms with van der Waals surface area (Å²) in [6.07, 6.45) is 61.7. The molecular formula is C57H105NO5. The molecule has 1 amide bonds. The van der Waals surface area contributed by atoms with Gasteiger partial charge in [0.15, 0.2) is 0 Å². The quantitative estimate of drug-likeness (QED) is 0.0245. The van der Waals surface area contributed by atoms with Gasteiger partial charge in [0.1, 0.15) is 6.10 Å². The smallest absolute Gasteiger partial charge is 0.306 e. The van der Waals surface area contributed by atoms with E-state index in [-0.39, 0.29) is 24.9 Å². The molecule has 0 bridgehead atoms. The van der Waals surface area contributed by atoms with E-state index in [1.807, 2.05) is 0 Å². The highest BCUT2D eigenvalue weighted by Crippen LogP contribution is 2.18. The Bertz CT molecular complexity index is 1080. The summed E-state index contributed by atoms with van der Waals surface area (Å²) in [5, 5.41) is 23.8. The molecule has 0 aliphatic carbocycles. The van der Waals surface area contributed by atoms with E-state index < -0.39 is 18.2 Å². The minimum atomic E-state index is -0.795. The molecule has 0 aromatic carbocycles. The fraction of sp³-hybridized carbons (Fsp3) is 0.825. The number of carbonyl (C=O) groups is 2. The average Bonchev–Trinajstić information content (AvgIpc) is 3.28. The summed E-state index contributed by atoms with van der Waals surface area (Å²) in [5.41, 5.74) is 0. The number of aliphatic hydroxyl groups is 2. The Morgan fingerprint density at radius 3 is 1.33 bits per heavy atom. The number of unbranched alkanes of at least 4 members (excludes halogenated alkanes) is 31. The second kappa shape index (κ2) is 50.8. The molecule has 3 unspecified atom stereocenters. The molecule has 0 radical (unpaired) electrons. The Kier molecular flexibility index (Phi) is 49.1. The SMILES string of the molecule is CC/C=C/C=C/C=C/CCCCCCCC(CC(=O)NC(CO)C(O)CCCCCCCCCCCCCCCCC)OC(=O)CCCCCCC/C=C/CCCCCCCCC. The molecule has 0 heterocycles. The normalized spacial score (nSPS) is 13.5. The fourth-order valence-corrected chi connectivity index (χ4v) is 8.31. The van der Waals surface area contributed by atoms with E-state index >= 15 is 0 Å². The molecule has 0 aromatic rings. The lowest BCUT2D eigenvalue weighted by Gasteiger charge is -2.24. The van der Waals surface area contributed by atoms with E-state index in [0.717, 1.165) is 89.9 Å². The lowest BCUT2D eigenvalue weighted by atomic mass is 10.0. The van der Waals surface area contributed by atoms with Gasteiger partial charge in [0.2, 0.25) is 5.91 Å². The van der Waals surface area contributed by atoms with Gasteiger partial charge in [-0.05, 0) is 70.6 Å². The second-order valence-corrected chi connectivity index (χ2v) is 18.7. The van der Waals surface area contributed by atoms with Crippen molar-refractivity contribution in [1.82, 2.24) is 5.32 Å². The number of esters is 1. The van der Waals surface area contributed by atoms with Crippen molar-refractivity contribution in [2.75, 3.05) is 6.61 Å². The summed E-state index contributed by atoms with van der Waals surface area (Å²) < 4.78 is 5.93. The number of hydrogen-bond donors (Lipinski definition) is 3. The maximum atomic E-state index is 13.2. The van der Waals surface area contributed by atoms with E-state index in [4.69, 9.17) is 4.74 Å². The van der Waals surface area contributed by atoms with Crippen LogP contribution in [0.4, 0.5) is 0 Å². The summed E-state index contributed by atoms with van der Waals surface area (Å²) in [6, 6.07) is -0.710. The van der Waals surface area contributed by atoms with Crippen LogP contribution in [-0.2, 0) is 14.3 Å². The third-order valence-corrected chi connectivity index (χ3v) is 12.5. The monoisotopic (exact) mass is 884 g/mol. The standard InChI is InChI=1S/C57H105NO5/c1-4-7-10-13-16-19-22-25-27-29-32-35-38-41-44-47-50-57(62)63-53(48-45-42-39-36-33-30-24-21-18-15-12-9-6-3)51-56(61)58-54(52-59)55(60)49-46-43-40-37-34-31-28-26-23-20-17-14-11-8-5-2/h9,12,15,18,21,24,27,29,53-55,59-60H,4-8,10-11,13-14,16-17,19-20,22-23,25-26,28,30-52H2,1-3H3,(H,58,61)/b12-9+,18-15+,24-21+,29-27+. The minimum Gasteiger partial charge on any atom is -0.462 e. The maximum absolute atomic E-state index is 13.2. The lowest BCUT2D eigenvalue weighted by Crippen LogP contribution is -2.46. The first kappa shape index (κ1) is 60.8. The van der Waals surface area contributed by atoms with Crippen molar-refractivity contribution < 1.29 is 24.5 Å². The molecule has 63 heavy (non-hydrogen) atoms. The number of hydrogen-bond acceptors (Lipinski definition) is 5. The first-order valence-corrected chi connectivity index (χ1v) is 27.4. The number of allylic oxidation sites excluding steroid dienone is 8. The van der Waals surface area contributed by atoms with Crippen LogP contribution in [-0.4, -0.2) is 46.9 Å². The molecule has 3 N–H and O–H groups in total. The predicted octanol–water partition coefficient (Wildman–Crippen LogP) is 16.6. The minimum absolute atomic E-state index is 0.0617. The van der Waals surface area contributed by atoms with Crippen molar-refractivity contribution in [1.29, 1.82) is 0 Å². The van der Waals surface area contributed by atoms with E-state index in [9.17, 15) is 19.8 Å². The van der Waals surface area contributed by atoms with E-state index in [1.54, 1.807) is 0 Å². The van der Waals surface area contributed by atoms with Crippen LogP contribution >= 0.6 is 0 Å². The molecule has 368 valence electrons. The Labute approximate surface area is 391 Å². The summed E-state index contributed by atoms with van der Waals surface area (Å²) in [7, 11) is 0. The van der Waals surface area contributed by atoms with Crippen molar-refractivity contribution in [2.24, 2.45) is 0 Å². The summed E-state index contributed by atoms with van der Waals surface area (Å²) >= 11 is 0. The summed E-state index contributed by atoms with van der Waals surface area (Å²) in [5.74, 6) is -0.496. The van der Waals surface area contributed by atoms with E-state index in [0.29, 0.717) is 19.3 Å². The zero-order valence-corrected chi connectivity index (χ0v) is 42.0. The highest BCUT2D eigenvalue weighted by Gasteiger charge is 2.24. The molecule has 6 nitrogen and oxygen atoms in total. The second-order valence-electron chi connectivity index (χ2n) is 18.7. The zero-order chi connectivity index (χ0) is 45.9. The van der Waals surface area contributed by atoms with Crippen LogP contribution in [0.15, 0.2) is 48.6 Å². The van der Waals surface area contributed by atoms with Crippen molar-refractivity contribution >= 4 is 11.9 Å². The number of amides is 1. The number of ether oxygens (including phenoxy) is 1. The van der Waals surface area contributed by atoms with Gasteiger partial charge in [0.05, 0.1) is 25.2 Å². The molecule has 0 rings (SSSR count). The van der Waals surface area contributed by atoms with Crippen molar-refractivity contribution in [3.63, 3.8) is 0 Å². The molecule has 0 aromatic heterocycles. The fourth-order valence-electron chi connectivity index (χ4n) is 8.31. The summed E-state index contributed by atoms with van der Waals surface area (Å²) in [6.45, 7) is 6.36. The van der Waals surface area contributed by atoms with Gasteiger partial charge < -0.3 is 20.3 Å². The van der Waals surface area contributed by atoms with Gasteiger partial charge in [-0.3, -0.25) is 9.59 Å². The number of nitrogens with one attached hydrogen (secondary N) is 1. The van der Waals surface area contributed by atoms with Crippen LogP contribution in [0.5, 0.6) is 0 Å². The van der Waals surface area contributed by atoms with Gasteiger partial charge in [-0.15, -0.1) is 0 Å². The van der Waals surface area contributed by atoms with Crippen molar-refractivity contribution in [3.05, 3.63) is 48.6 Å². The van der Waals surface area contributed by atoms with Gasteiger partial charge >= 0.3 is 5.97 Å². The molecule has 0 saturated heterocycles. The third kappa shape index (κ3) is 46.2.